The Morgan fingerprint density at radius 1 is 1.07 bits per heavy atom. The molecule has 1 fully saturated rings. The molecule has 30 heavy (non-hydrogen) atoms. The van der Waals surface area contributed by atoms with Crippen molar-refractivity contribution in [2.75, 3.05) is 44.7 Å². The molecule has 2 N–H and O–H groups in total. The first-order chi connectivity index (χ1) is 14.6. The highest BCUT2D eigenvalue weighted by atomic mass is 19.1. The van der Waals surface area contributed by atoms with Crippen LogP contribution in [0.15, 0.2) is 54.6 Å². The van der Waals surface area contributed by atoms with Crippen molar-refractivity contribution >= 4 is 23.6 Å². The summed E-state index contributed by atoms with van der Waals surface area (Å²) in [7, 11) is 0. The average Bonchev–Trinajstić information content (AvgIpc) is 2.77. The molecule has 1 saturated heterocycles. The van der Waals surface area contributed by atoms with Gasteiger partial charge in [-0.05, 0) is 48.9 Å². The lowest BCUT2D eigenvalue weighted by atomic mass is 10.1. The van der Waals surface area contributed by atoms with E-state index in [1.807, 2.05) is 0 Å². The van der Waals surface area contributed by atoms with Crippen molar-refractivity contribution in [3.8, 4) is 0 Å². The van der Waals surface area contributed by atoms with Crippen LogP contribution in [-0.4, -0.2) is 56.1 Å². The van der Waals surface area contributed by atoms with Gasteiger partial charge in [0.05, 0.1) is 24.5 Å². The number of nitrogens with one attached hydrogen (secondary N) is 2. The maximum absolute atomic E-state index is 13.0. The molecule has 1 aliphatic heterocycles. The van der Waals surface area contributed by atoms with Crippen molar-refractivity contribution in [1.29, 1.82) is 0 Å². The van der Waals surface area contributed by atoms with Crippen LogP contribution in [0, 0.1) is 5.82 Å². The second-order valence-electron chi connectivity index (χ2n) is 6.98. The van der Waals surface area contributed by atoms with Gasteiger partial charge in [0.15, 0.2) is 0 Å². The first-order valence-electron chi connectivity index (χ1n) is 10.0. The number of morpholine rings is 1. The number of para-hydroxylation sites is 1. The van der Waals surface area contributed by atoms with Crippen molar-refractivity contribution < 1.29 is 18.7 Å². The summed E-state index contributed by atoms with van der Waals surface area (Å²) in [6.07, 6.45) is 3.79. The lowest BCUT2D eigenvalue weighted by molar-refractivity contribution is -0.111. The summed E-state index contributed by atoms with van der Waals surface area (Å²) in [6, 6.07) is 12.7. The Kier molecular flexibility index (Phi) is 8.11. The number of amides is 2. The van der Waals surface area contributed by atoms with E-state index in [0.717, 1.165) is 39.3 Å². The van der Waals surface area contributed by atoms with Crippen LogP contribution < -0.4 is 10.6 Å². The van der Waals surface area contributed by atoms with Gasteiger partial charge in [-0.3, -0.25) is 14.5 Å². The number of carbonyl (C=O) groups excluding carboxylic acids is 2. The molecule has 0 bridgehead atoms. The molecule has 2 aromatic carbocycles. The van der Waals surface area contributed by atoms with Gasteiger partial charge in [0, 0.05) is 25.7 Å². The van der Waals surface area contributed by atoms with Crippen molar-refractivity contribution in [2.45, 2.75) is 6.42 Å². The van der Waals surface area contributed by atoms with Gasteiger partial charge in [0.25, 0.3) is 5.91 Å². The molecule has 1 aliphatic rings. The Morgan fingerprint density at radius 2 is 1.80 bits per heavy atom. The summed E-state index contributed by atoms with van der Waals surface area (Å²) in [4.78, 5) is 27.1. The molecule has 0 radical (unpaired) electrons. The van der Waals surface area contributed by atoms with E-state index in [1.165, 1.54) is 18.2 Å². The van der Waals surface area contributed by atoms with Crippen LogP contribution in [0.3, 0.4) is 0 Å². The fraction of sp³-hybridized carbons (Fsp3) is 0.304. The Balaban J connectivity index is 1.50. The highest BCUT2D eigenvalue weighted by Gasteiger charge is 2.13. The highest BCUT2D eigenvalue weighted by Crippen LogP contribution is 2.15. The highest BCUT2D eigenvalue weighted by molar-refractivity contribution is 6.07. The van der Waals surface area contributed by atoms with Gasteiger partial charge in [0.1, 0.15) is 5.82 Å². The van der Waals surface area contributed by atoms with E-state index >= 15 is 0 Å². The molecular formula is C23H26FN3O3. The van der Waals surface area contributed by atoms with Crippen LogP contribution in [0.2, 0.25) is 0 Å². The lowest BCUT2D eigenvalue weighted by Gasteiger charge is -2.26. The second kappa shape index (κ2) is 11.2. The van der Waals surface area contributed by atoms with Gasteiger partial charge >= 0.3 is 0 Å². The average molecular weight is 411 g/mol. The first-order valence-corrected chi connectivity index (χ1v) is 10.0. The number of halogens is 1. The topological polar surface area (TPSA) is 70.7 Å². The molecular weight excluding hydrogens is 385 g/mol. The monoisotopic (exact) mass is 411 g/mol. The van der Waals surface area contributed by atoms with Gasteiger partial charge in [-0.15, -0.1) is 0 Å². The fourth-order valence-corrected chi connectivity index (χ4v) is 3.13. The van der Waals surface area contributed by atoms with Gasteiger partial charge < -0.3 is 15.4 Å². The van der Waals surface area contributed by atoms with E-state index in [1.54, 1.807) is 42.5 Å². The number of hydrogen-bond donors (Lipinski definition) is 2. The molecule has 0 aromatic heterocycles. The third-order valence-corrected chi connectivity index (χ3v) is 4.77. The number of benzene rings is 2. The summed E-state index contributed by atoms with van der Waals surface area (Å²) in [5, 5.41) is 5.65. The zero-order valence-corrected chi connectivity index (χ0v) is 16.8. The standard InChI is InChI=1S/C23H26FN3O3/c24-19-9-6-18(7-10-19)8-11-22(28)26-21-5-2-1-4-20(21)23(29)25-12-3-13-27-14-16-30-17-15-27/h1-2,4-11H,3,12-17H2,(H,25,29)(H,26,28). The van der Waals surface area contributed by atoms with E-state index in [4.69, 9.17) is 4.74 Å². The second-order valence-corrected chi connectivity index (χ2v) is 6.98. The van der Waals surface area contributed by atoms with Gasteiger partial charge in [0.2, 0.25) is 5.91 Å². The number of nitrogens with zero attached hydrogens (tertiary/aromatic N) is 1. The van der Waals surface area contributed by atoms with Crippen molar-refractivity contribution in [3.63, 3.8) is 0 Å². The van der Waals surface area contributed by atoms with Crippen molar-refractivity contribution in [3.05, 3.63) is 71.6 Å². The fourth-order valence-electron chi connectivity index (χ4n) is 3.13. The molecule has 1 heterocycles. The third-order valence-electron chi connectivity index (χ3n) is 4.77. The van der Waals surface area contributed by atoms with Crippen LogP contribution in [-0.2, 0) is 9.53 Å². The molecule has 0 spiro atoms. The lowest BCUT2D eigenvalue weighted by Crippen LogP contribution is -2.38. The molecule has 158 valence electrons. The van der Waals surface area contributed by atoms with Crippen LogP contribution in [0.1, 0.15) is 22.3 Å². The van der Waals surface area contributed by atoms with Crippen LogP contribution in [0.4, 0.5) is 10.1 Å². The molecule has 7 heteroatoms. The molecule has 0 saturated carbocycles. The summed E-state index contributed by atoms with van der Waals surface area (Å²) >= 11 is 0. The predicted molar refractivity (Wildman–Crippen MR) is 115 cm³/mol. The maximum Gasteiger partial charge on any atom is 0.253 e. The normalized spacial score (nSPS) is 14.6. The number of hydrogen-bond acceptors (Lipinski definition) is 4. The molecule has 0 aliphatic carbocycles. The van der Waals surface area contributed by atoms with E-state index in [9.17, 15) is 14.0 Å². The number of rotatable bonds is 8. The van der Waals surface area contributed by atoms with Gasteiger partial charge in [-0.25, -0.2) is 4.39 Å². The SMILES string of the molecule is O=C(C=Cc1ccc(F)cc1)Nc1ccccc1C(=O)NCCCN1CCOCC1. The number of ether oxygens (including phenoxy) is 1. The number of anilines is 1. The molecule has 3 rings (SSSR count). The summed E-state index contributed by atoms with van der Waals surface area (Å²) in [6.45, 7) is 4.84. The Morgan fingerprint density at radius 3 is 2.57 bits per heavy atom. The molecule has 2 amide bonds. The summed E-state index contributed by atoms with van der Waals surface area (Å²) < 4.78 is 18.3. The number of carbonyl (C=O) groups is 2. The van der Waals surface area contributed by atoms with Crippen LogP contribution in [0.25, 0.3) is 6.08 Å². The zero-order valence-electron chi connectivity index (χ0n) is 16.8. The molecule has 0 unspecified atom stereocenters. The van der Waals surface area contributed by atoms with E-state index < -0.39 is 0 Å². The van der Waals surface area contributed by atoms with E-state index in [-0.39, 0.29) is 17.6 Å². The quantitative estimate of drug-likeness (QED) is 0.518. The minimum atomic E-state index is -0.369. The van der Waals surface area contributed by atoms with Crippen LogP contribution >= 0.6 is 0 Å². The first kappa shape index (κ1) is 21.7. The molecule has 0 atom stereocenters. The predicted octanol–water partition coefficient (Wildman–Crippen LogP) is 2.93. The molecule has 6 nitrogen and oxygen atoms in total. The third kappa shape index (κ3) is 6.79. The largest absolute Gasteiger partial charge is 0.379 e. The van der Waals surface area contributed by atoms with E-state index in [0.29, 0.717) is 23.4 Å². The smallest absolute Gasteiger partial charge is 0.253 e. The Hall–Kier alpha value is -3.03. The Labute approximate surface area is 175 Å². The van der Waals surface area contributed by atoms with Gasteiger partial charge in [-0.2, -0.15) is 0 Å². The minimum Gasteiger partial charge on any atom is -0.379 e. The summed E-state index contributed by atoms with van der Waals surface area (Å²) in [5.41, 5.74) is 1.56. The summed E-state index contributed by atoms with van der Waals surface area (Å²) in [5.74, 6) is -0.927. The minimum absolute atomic E-state index is 0.226. The zero-order chi connectivity index (χ0) is 21.2. The van der Waals surface area contributed by atoms with Gasteiger partial charge in [-0.1, -0.05) is 24.3 Å². The maximum atomic E-state index is 13.0. The Bertz CT molecular complexity index is 878. The van der Waals surface area contributed by atoms with Crippen molar-refractivity contribution in [2.24, 2.45) is 0 Å². The van der Waals surface area contributed by atoms with Crippen molar-refractivity contribution in [1.82, 2.24) is 10.2 Å². The molecule has 2 aromatic rings. The van der Waals surface area contributed by atoms with E-state index in [2.05, 4.69) is 15.5 Å². The van der Waals surface area contributed by atoms with Crippen LogP contribution in [0.5, 0.6) is 0 Å².